The number of fused-ring (bicyclic) bond motifs is 4. The van der Waals surface area contributed by atoms with Crippen LogP contribution in [0.3, 0.4) is 0 Å². The predicted octanol–water partition coefficient (Wildman–Crippen LogP) is 4.45. The zero-order chi connectivity index (χ0) is 39.3. The Bertz CT molecular complexity index is 2600. The minimum atomic E-state index is 0.542. The Balaban J connectivity index is 0.000000137. The topological polar surface area (TPSA) is 161 Å². The maximum absolute atomic E-state index is 4.84. The lowest BCUT2D eigenvalue weighted by Crippen LogP contribution is -2.31. The molecule has 2 aliphatic rings. The standard InChI is InChI=1S/C20H22N8.C14H9BrN6.C6H14N2/c1-26(2)16-7-9-27(13-16)18-11-22-19-20(23-18)28(25-24-19)12-14-5-6-17-15(10-14)4-3-8-21-17;15-12-7-17-13-14(18-12)21(20-19-13)8-9-3-4-11-10(6-9)2-1-5-16-11;1-8(2)6-3-4-7-5-6/h3-6,8,10-11,16H,7,9,12-13H2,1-2H3;1-7H,8H2;6-7H,3-5H2,1-2H3/t16-;;6-/m1.1/s1. The molecule has 292 valence electrons. The zero-order valence-corrected chi connectivity index (χ0v) is 34.1. The Kier molecular flexibility index (Phi) is 11.6. The summed E-state index contributed by atoms with van der Waals surface area (Å²) in [7, 11) is 8.53. The maximum atomic E-state index is 4.84. The van der Waals surface area contributed by atoms with Crippen molar-refractivity contribution in [2.45, 2.75) is 38.0 Å². The molecular formula is C40H45BrN16. The first-order valence-corrected chi connectivity index (χ1v) is 19.8. The molecule has 0 radical (unpaired) electrons. The Hall–Kier alpha value is -5.62. The smallest absolute Gasteiger partial charge is 0.221 e. The van der Waals surface area contributed by atoms with E-state index in [0.717, 1.165) is 69.9 Å². The van der Waals surface area contributed by atoms with Gasteiger partial charge in [0.25, 0.3) is 0 Å². The summed E-state index contributed by atoms with van der Waals surface area (Å²) in [5, 5.41) is 22.1. The van der Waals surface area contributed by atoms with Gasteiger partial charge in [-0.1, -0.05) is 34.7 Å². The lowest BCUT2D eigenvalue weighted by Gasteiger charge is -2.20. The lowest BCUT2D eigenvalue weighted by atomic mass is 10.1. The molecule has 10 rings (SSSR count). The lowest BCUT2D eigenvalue weighted by molar-refractivity contribution is 0.313. The fourth-order valence-corrected chi connectivity index (χ4v) is 7.36. The van der Waals surface area contributed by atoms with Gasteiger partial charge in [0.15, 0.2) is 11.3 Å². The van der Waals surface area contributed by atoms with E-state index >= 15 is 0 Å². The van der Waals surface area contributed by atoms with Gasteiger partial charge >= 0.3 is 0 Å². The first-order chi connectivity index (χ1) is 27.8. The quantitative estimate of drug-likeness (QED) is 0.240. The van der Waals surface area contributed by atoms with Crippen molar-refractivity contribution < 1.29 is 0 Å². The molecule has 0 aliphatic carbocycles. The number of likely N-dealkylation sites (N-methyl/N-ethyl adjacent to an activating group) is 2. The van der Waals surface area contributed by atoms with Gasteiger partial charge in [0.05, 0.1) is 36.5 Å². The van der Waals surface area contributed by atoms with Crippen LogP contribution in [0.25, 0.3) is 44.4 Å². The molecule has 57 heavy (non-hydrogen) atoms. The van der Waals surface area contributed by atoms with Crippen LogP contribution in [0.15, 0.2) is 90.1 Å². The van der Waals surface area contributed by atoms with Gasteiger partial charge in [-0.15, -0.1) is 10.2 Å². The molecule has 17 heteroatoms. The first-order valence-electron chi connectivity index (χ1n) is 19.0. The molecule has 2 fully saturated rings. The monoisotopic (exact) mass is 828 g/mol. The fraction of sp³-hybridized carbons (Fsp3) is 0.350. The molecule has 0 unspecified atom stereocenters. The minimum absolute atomic E-state index is 0.542. The molecule has 6 aromatic heterocycles. The molecule has 2 atom stereocenters. The van der Waals surface area contributed by atoms with Crippen molar-refractivity contribution in [3.05, 3.63) is 101 Å². The molecule has 0 spiro atoms. The van der Waals surface area contributed by atoms with Crippen LogP contribution in [0.5, 0.6) is 0 Å². The molecule has 0 amide bonds. The molecule has 2 saturated heterocycles. The number of nitrogens with one attached hydrogen (secondary N) is 1. The third-order valence-electron chi connectivity index (χ3n) is 10.4. The highest BCUT2D eigenvalue weighted by atomic mass is 79.9. The summed E-state index contributed by atoms with van der Waals surface area (Å²) in [6.07, 6.45) is 9.47. The van der Waals surface area contributed by atoms with Crippen molar-refractivity contribution in [1.82, 2.24) is 75.0 Å². The summed E-state index contributed by atoms with van der Waals surface area (Å²) in [6.45, 7) is 5.51. The summed E-state index contributed by atoms with van der Waals surface area (Å²) >= 11 is 3.32. The Morgan fingerprint density at radius 2 is 1.30 bits per heavy atom. The number of anilines is 1. The fourth-order valence-electron chi connectivity index (χ4n) is 7.09. The van der Waals surface area contributed by atoms with Gasteiger partial charge in [0, 0.05) is 54.9 Å². The number of hydrogen-bond donors (Lipinski definition) is 1. The van der Waals surface area contributed by atoms with Crippen molar-refractivity contribution >= 4 is 66.1 Å². The second-order valence-corrected chi connectivity index (χ2v) is 15.5. The van der Waals surface area contributed by atoms with Crippen LogP contribution in [0.1, 0.15) is 24.0 Å². The van der Waals surface area contributed by atoms with E-state index in [0.29, 0.717) is 40.7 Å². The molecule has 1 N–H and O–H groups in total. The van der Waals surface area contributed by atoms with Crippen LogP contribution < -0.4 is 10.2 Å². The summed E-state index contributed by atoms with van der Waals surface area (Å²) in [6, 6.07) is 21.7. The summed E-state index contributed by atoms with van der Waals surface area (Å²) in [5.74, 6) is 0.892. The van der Waals surface area contributed by atoms with Crippen LogP contribution in [0.2, 0.25) is 0 Å². The average Bonchev–Trinajstić information content (AvgIpc) is 4.07. The number of halogens is 1. The van der Waals surface area contributed by atoms with Crippen molar-refractivity contribution in [2.75, 3.05) is 59.3 Å². The molecule has 16 nitrogen and oxygen atoms in total. The number of hydrogen-bond acceptors (Lipinski definition) is 14. The summed E-state index contributed by atoms with van der Waals surface area (Å²) < 4.78 is 4.23. The normalized spacial score (nSPS) is 16.8. The van der Waals surface area contributed by atoms with Gasteiger partial charge in [0.1, 0.15) is 10.4 Å². The maximum Gasteiger partial charge on any atom is 0.221 e. The molecular weight excluding hydrogens is 784 g/mol. The van der Waals surface area contributed by atoms with Gasteiger partial charge in [-0.2, -0.15) is 0 Å². The van der Waals surface area contributed by atoms with Gasteiger partial charge < -0.3 is 20.0 Å². The van der Waals surface area contributed by atoms with Gasteiger partial charge in [-0.25, -0.2) is 29.3 Å². The number of rotatable bonds is 7. The molecule has 2 aliphatic heterocycles. The highest BCUT2D eigenvalue weighted by Crippen LogP contribution is 2.22. The Labute approximate surface area is 338 Å². The summed E-state index contributed by atoms with van der Waals surface area (Å²) in [5.41, 5.74) is 6.72. The van der Waals surface area contributed by atoms with Crippen molar-refractivity contribution in [2.24, 2.45) is 0 Å². The highest BCUT2D eigenvalue weighted by Gasteiger charge is 2.26. The molecule has 8 heterocycles. The number of benzene rings is 2. The third kappa shape index (κ3) is 9.01. The second-order valence-electron chi connectivity index (χ2n) is 14.7. The minimum Gasteiger partial charge on any atom is -0.354 e. The highest BCUT2D eigenvalue weighted by molar-refractivity contribution is 9.10. The van der Waals surface area contributed by atoms with E-state index in [2.05, 4.69) is 134 Å². The van der Waals surface area contributed by atoms with Crippen LogP contribution in [-0.4, -0.2) is 136 Å². The zero-order valence-electron chi connectivity index (χ0n) is 32.5. The van der Waals surface area contributed by atoms with E-state index in [4.69, 9.17) is 4.98 Å². The summed E-state index contributed by atoms with van der Waals surface area (Å²) in [4.78, 5) is 33.4. The molecule has 0 bridgehead atoms. The van der Waals surface area contributed by atoms with E-state index in [1.165, 1.54) is 19.5 Å². The van der Waals surface area contributed by atoms with Crippen molar-refractivity contribution in [3.8, 4) is 0 Å². The van der Waals surface area contributed by atoms with E-state index < -0.39 is 0 Å². The van der Waals surface area contributed by atoms with Gasteiger partial charge in [0.2, 0.25) is 11.3 Å². The predicted molar refractivity (Wildman–Crippen MR) is 225 cm³/mol. The third-order valence-corrected chi connectivity index (χ3v) is 10.8. The van der Waals surface area contributed by atoms with Crippen LogP contribution in [0.4, 0.5) is 5.82 Å². The van der Waals surface area contributed by atoms with E-state index in [1.807, 2.05) is 47.3 Å². The molecule has 2 aromatic carbocycles. The largest absolute Gasteiger partial charge is 0.354 e. The number of aromatic nitrogens is 12. The molecule has 0 saturated carbocycles. The Morgan fingerprint density at radius 1 is 0.702 bits per heavy atom. The molecule has 8 aromatic rings. The SMILES string of the molecule is Brc1cnc2nnn(Cc3ccc4ncccc4c3)c2n1.CN(C)[C@@H]1CCN(c2cnc3nnn(Cc4ccc5ncccc5c4)c3n2)C1.CN(C)[C@@H]1CCNC1. The van der Waals surface area contributed by atoms with E-state index in [1.54, 1.807) is 23.3 Å². The van der Waals surface area contributed by atoms with E-state index in [9.17, 15) is 0 Å². The van der Waals surface area contributed by atoms with Crippen LogP contribution >= 0.6 is 15.9 Å². The van der Waals surface area contributed by atoms with Gasteiger partial charge in [-0.05, 0) is 111 Å². The van der Waals surface area contributed by atoms with Crippen LogP contribution in [-0.2, 0) is 13.1 Å². The number of pyridine rings is 2. The first kappa shape index (κ1) is 38.3. The van der Waals surface area contributed by atoms with Gasteiger partial charge in [-0.3, -0.25) is 9.97 Å². The van der Waals surface area contributed by atoms with E-state index in [-0.39, 0.29) is 0 Å². The van der Waals surface area contributed by atoms with Crippen LogP contribution in [0, 0.1) is 0 Å². The Morgan fingerprint density at radius 3 is 1.84 bits per heavy atom. The van der Waals surface area contributed by atoms with Crippen molar-refractivity contribution in [1.29, 1.82) is 0 Å². The van der Waals surface area contributed by atoms with Crippen molar-refractivity contribution in [3.63, 3.8) is 0 Å². The number of nitrogens with zero attached hydrogens (tertiary/aromatic N) is 15. The second kappa shape index (κ2) is 17.3. The average molecular weight is 830 g/mol.